The topological polar surface area (TPSA) is 58.8 Å². The van der Waals surface area contributed by atoms with Crippen LogP contribution < -0.4 is 15.4 Å². The second-order valence-electron chi connectivity index (χ2n) is 6.39. The van der Waals surface area contributed by atoms with Crippen molar-refractivity contribution in [3.63, 3.8) is 0 Å². The first-order chi connectivity index (χ1) is 11.3. The number of hydrogen-bond donors (Lipinski definition) is 2. The molecule has 0 spiro atoms. The predicted octanol–water partition coefficient (Wildman–Crippen LogP) is 3.33. The van der Waals surface area contributed by atoms with Gasteiger partial charge in [-0.05, 0) is 56.0 Å². The molecule has 1 aromatic heterocycles. The first-order valence-electron chi connectivity index (χ1n) is 8.25. The van der Waals surface area contributed by atoms with Crippen molar-refractivity contribution in [1.82, 2.24) is 10.6 Å². The molecule has 0 unspecified atom stereocenters. The molecule has 3 aliphatic rings. The quantitative estimate of drug-likeness (QED) is 0.893. The number of methoxy groups -OCH3 is 1. The number of rotatable bonds is 2. The number of nitrogens with one attached hydrogen (secondary N) is 2. The summed E-state index contributed by atoms with van der Waals surface area (Å²) in [6.07, 6.45) is 4.62. The van der Waals surface area contributed by atoms with Gasteiger partial charge in [-0.15, -0.1) is 0 Å². The van der Waals surface area contributed by atoms with Gasteiger partial charge in [0.25, 0.3) is 0 Å². The summed E-state index contributed by atoms with van der Waals surface area (Å²) >= 11 is 0. The highest BCUT2D eigenvalue weighted by atomic mass is 16.5. The molecule has 2 fully saturated rings. The number of amidine groups is 1. The maximum Gasteiger partial charge on any atom is 0.177 e. The molecule has 2 aromatic rings. The third-order valence-electron chi connectivity index (χ3n) is 4.83. The molecule has 5 nitrogen and oxygen atoms in total. The van der Waals surface area contributed by atoms with E-state index >= 15 is 0 Å². The van der Waals surface area contributed by atoms with Crippen molar-refractivity contribution in [2.24, 2.45) is 4.99 Å². The monoisotopic (exact) mass is 309 g/mol. The molecule has 1 aliphatic carbocycles. The zero-order valence-electron chi connectivity index (χ0n) is 13.1. The van der Waals surface area contributed by atoms with Crippen LogP contribution in [0.5, 0.6) is 5.75 Å². The van der Waals surface area contributed by atoms with Crippen molar-refractivity contribution in [3.8, 4) is 5.75 Å². The van der Waals surface area contributed by atoms with Gasteiger partial charge in [-0.25, -0.2) is 4.99 Å². The van der Waals surface area contributed by atoms with Crippen LogP contribution in [0.1, 0.15) is 31.4 Å². The molecule has 3 heterocycles. The lowest BCUT2D eigenvalue weighted by Gasteiger charge is -2.21. The Kier molecular flexibility index (Phi) is 2.79. The molecule has 1 saturated carbocycles. The van der Waals surface area contributed by atoms with Crippen LogP contribution in [0, 0.1) is 0 Å². The van der Waals surface area contributed by atoms with Crippen LogP contribution >= 0.6 is 0 Å². The van der Waals surface area contributed by atoms with Gasteiger partial charge in [-0.2, -0.15) is 0 Å². The molecule has 0 radical (unpaired) electrons. The van der Waals surface area contributed by atoms with E-state index in [1.807, 2.05) is 18.2 Å². The van der Waals surface area contributed by atoms with Crippen molar-refractivity contribution in [2.45, 2.75) is 31.7 Å². The average molecular weight is 309 g/mol. The van der Waals surface area contributed by atoms with E-state index in [9.17, 15) is 0 Å². The first-order valence-corrected chi connectivity index (χ1v) is 8.25. The number of aliphatic imine (C=N–C) groups is 1. The summed E-state index contributed by atoms with van der Waals surface area (Å²) in [6, 6.07) is 6.22. The molecule has 2 aliphatic heterocycles. The third-order valence-corrected chi connectivity index (χ3v) is 4.83. The average Bonchev–Trinajstić information content (AvgIpc) is 3.15. The Morgan fingerprint density at radius 3 is 2.96 bits per heavy atom. The second kappa shape index (κ2) is 4.86. The van der Waals surface area contributed by atoms with Crippen LogP contribution in [0.3, 0.4) is 0 Å². The molecular weight excluding hydrogens is 290 g/mol. The van der Waals surface area contributed by atoms with E-state index in [-0.39, 0.29) is 0 Å². The largest absolute Gasteiger partial charge is 0.497 e. The highest BCUT2D eigenvalue weighted by molar-refractivity contribution is 6.07. The van der Waals surface area contributed by atoms with Crippen LogP contribution in [0.2, 0.25) is 0 Å². The number of nitrogens with zero attached hydrogens (tertiary/aromatic N) is 1. The fourth-order valence-electron chi connectivity index (χ4n) is 3.45. The highest BCUT2D eigenvalue weighted by Gasteiger charge is 2.32. The number of fused-ring (bicyclic) bond motifs is 3. The van der Waals surface area contributed by atoms with Gasteiger partial charge in [-0.1, -0.05) is 0 Å². The van der Waals surface area contributed by atoms with E-state index < -0.39 is 0 Å². The molecule has 118 valence electrons. The van der Waals surface area contributed by atoms with E-state index in [0.717, 1.165) is 65.5 Å². The maximum atomic E-state index is 6.11. The van der Waals surface area contributed by atoms with E-state index in [1.165, 1.54) is 12.0 Å². The molecule has 0 bridgehead atoms. The van der Waals surface area contributed by atoms with Crippen LogP contribution in [0.4, 0.5) is 5.69 Å². The molecule has 1 atom stereocenters. The minimum Gasteiger partial charge on any atom is -0.497 e. The van der Waals surface area contributed by atoms with Crippen molar-refractivity contribution in [1.29, 1.82) is 0 Å². The Labute approximate surface area is 134 Å². The van der Waals surface area contributed by atoms with Gasteiger partial charge in [0.15, 0.2) is 5.76 Å². The minimum atomic E-state index is 0.313. The van der Waals surface area contributed by atoms with Crippen LogP contribution in [-0.4, -0.2) is 25.5 Å². The maximum absolute atomic E-state index is 6.11. The Morgan fingerprint density at radius 2 is 2.22 bits per heavy atom. The minimum absolute atomic E-state index is 0.313. The fraction of sp³-hybridized carbons (Fsp3) is 0.389. The van der Waals surface area contributed by atoms with Crippen LogP contribution in [0.15, 0.2) is 33.2 Å². The number of hydrogen-bond acceptors (Lipinski definition) is 5. The lowest BCUT2D eigenvalue weighted by Crippen LogP contribution is -2.40. The van der Waals surface area contributed by atoms with Crippen molar-refractivity contribution >= 4 is 28.2 Å². The van der Waals surface area contributed by atoms with Gasteiger partial charge in [0.1, 0.15) is 22.9 Å². The molecule has 23 heavy (non-hydrogen) atoms. The summed E-state index contributed by atoms with van der Waals surface area (Å²) in [4.78, 5) is 4.91. The summed E-state index contributed by atoms with van der Waals surface area (Å²) in [5.41, 5.74) is 4.37. The number of allylic oxidation sites excluding steroid dienone is 1. The van der Waals surface area contributed by atoms with Crippen molar-refractivity contribution in [3.05, 3.63) is 29.5 Å². The smallest absolute Gasteiger partial charge is 0.177 e. The highest BCUT2D eigenvalue weighted by Crippen LogP contribution is 2.45. The number of furan rings is 1. The van der Waals surface area contributed by atoms with E-state index in [4.69, 9.17) is 14.1 Å². The van der Waals surface area contributed by atoms with Gasteiger partial charge in [-0.3, -0.25) is 0 Å². The number of benzene rings is 1. The summed E-state index contributed by atoms with van der Waals surface area (Å²) in [6.45, 7) is 1.06. The SMILES string of the molecule is COc1ccc2oc3c(c2c1)N=C([C@@H]1CCCN1)NC3=C1CC1. The van der Waals surface area contributed by atoms with E-state index in [2.05, 4.69) is 10.6 Å². The zero-order valence-corrected chi connectivity index (χ0v) is 13.1. The summed E-state index contributed by atoms with van der Waals surface area (Å²) < 4.78 is 11.5. The third kappa shape index (κ3) is 2.07. The normalized spacial score (nSPS) is 22.8. The second-order valence-corrected chi connectivity index (χ2v) is 6.39. The van der Waals surface area contributed by atoms with Crippen molar-refractivity contribution < 1.29 is 9.15 Å². The molecule has 5 heteroatoms. The van der Waals surface area contributed by atoms with Gasteiger partial charge in [0.2, 0.25) is 0 Å². The Bertz CT molecular complexity index is 851. The van der Waals surface area contributed by atoms with Gasteiger partial charge >= 0.3 is 0 Å². The predicted molar refractivity (Wildman–Crippen MR) is 90.2 cm³/mol. The zero-order chi connectivity index (χ0) is 15.4. The lowest BCUT2D eigenvalue weighted by molar-refractivity contribution is 0.415. The Hall–Kier alpha value is -2.27. The molecule has 0 amide bonds. The lowest BCUT2D eigenvalue weighted by atomic mass is 10.1. The van der Waals surface area contributed by atoms with Gasteiger partial charge in [0, 0.05) is 0 Å². The van der Waals surface area contributed by atoms with Crippen molar-refractivity contribution in [2.75, 3.05) is 13.7 Å². The molecule has 1 aromatic carbocycles. The number of ether oxygens (including phenoxy) is 1. The van der Waals surface area contributed by atoms with Crippen LogP contribution in [0.25, 0.3) is 16.7 Å². The Balaban J connectivity index is 1.72. The molecule has 1 saturated heterocycles. The van der Waals surface area contributed by atoms with Gasteiger partial charge < -0.3 is 19.8 Å². The molecular formula is C18H19N3O2. The van der Waals surface area contributed by atoms with Gasteiger partial charge in [0.05, 0.1) is 24.2 Å². The first kappa shape index (κ1) is 13.2. The molecule has 5 rings (SSSR count). The fourth-order valence-corrected chi connectivity index (χ4v) is 3.45. The standard InChI is InChI=1S/C18H19N3O2/c1-22-11-6-7-14-12(9-11)16-17(23-14)15(10-4-5-10)20-18(21-16)13-3-2-8-19-13/h6-7,9,13,19H,2-5,8H2,1H3,(H,20,21)/t13-/m0/s1. The summed E-state index contributed by atoms with van der Waals surface area (Å²) in [5.74, 6) is 2.73. The van der Waals surface area contributed by atoms with E-state index in [1.54, 1.807) is 7.11 Å². The Morgan fingerprint density at radius 1 is 1.30 bits per heavy atom. The molecule has 2 N–H and O–H groups in total. The van der Waals surface area contributed by atoms with E-state index in [0.29, 0.717) is 6.04 Å². The summed E-state index contributed by atoms with van der Waals surface area (Å²) in [5, 5.41) is 8.10. The summed E-state index contributed by atoms with van der Waals surface area (Å²) in [7, 11) is 1.68. The van der Waals surface area contributed by atoms with Crippen LogP contribution in [-0.2, 0) is 0 Å².